The quantitative estimate of drug-likeness (QED) is 0.621. The summed E-state index contributed by atoms with van der Waals surface area (Å²) in [5.74, 6) is 0.672. The Morgan fingerprint density at radius 1 is 1.31 bits per heavy atom. The zero-order valence-corrected chi connectivity index (χ0v) is 9.01. The van der Waals surface area contributed by atoms with E-state index in [2.05, 4.69) is 15.1 Å². The molecule has 0 unspecified atom stereocenters. The first-order chi connectivity index (χ1) is 7.75. The Morgan fingerprint density at radius 2 is 2.19 bits per heavy atom. The molecule has 0 saturated carbocycles. The van der Waals surface area contributed by atoms with Gasteiger partial charge < -0.3 is 4.52 Å². The molecule has 3 heterocycles. The van der Waals surface area contributed by atoms with Crippen molar-refractivity contribution in [2.75, 3.05) is 0 Å². The normalized spacial score (nSPS) is 11.1. The van der Waals surface area contributed by atoms with E-state index in [1.807, 2.05) is 24.3 Å². The number of nitrogens with zero attached hydrogens (tertiary/aromatic N) is 4. The Hall–Kier alpha value is -2.17. The van der Waals surface area contributed by atoms with Crippen LogP contribution in [0.2, 0.25) is 0 Å². The largest absolute Gasteiger partial charge is 0.355 e. The average molecular weight is 214 g/mol. The maximum atomic E-state index is 5.10. The van der Waals surface area contributed by atoms with E-state index in [-0.39, 0.29) is 0 Å². The van der Waals surface area contributed by atoms with Gasteiger partial charge in [0.05, 0.1) is 11.9 Å². The molecule has 3 rings (SSSR count). The van der Waals surface area contributed by atoms with E-state index < -0.39 is 0 Å². The molecule has 0 atom stereocenters. The smallest absolute Gasteiger partial charge is 0.185 e. The topological polar surface area (TPSA) is 56.2 Å². The summed E-state index contributed by atoms with van der Waals surface area (Å²) in [6, 6.07) is 3.75. The highest BCUT2D eigenvalue weighted by molar-refractivity contribution is 5.58. The Labute approximate surface area is 91.7 Å². The molecular weight excluding hydrogens is 204 g/mol. The van der Waals surface area contributed by atoms with Crippen LogP contribution in [0.3, 0.4) is 0 Å². The number of aryl methyl sites for hydroxylation is 2. The van der Waals surface area contributed by atoms with Crippen LogP contribution in [-0.2, 0) is 0 Å². The van der Waals surface area contributed by atoms with Gasteiger partial charge in [0.1, 0.15) is 12.0 Å². The van der Waals surface area contributed by atoms with E-state index in [4.69, 9.17) is 4.52 Å². The van der Waals surface area contributed by atoms with Crippen molar-refractivity contribution in [1.82, 2.24) is 19.5 Å². The van der Waals surface area contributed by atoms with E-state index in [0.29, 0.717) is 5.76 Å². The van der Waals surface area contributed by atoms with Gasteiger partial charge in [0.15, 0.2) is 11.4 Å². The molecule has 0 aliphatic carbocycles. The second kappa shape index (κ2) is 3.16. The van der Waals surface area contributed by atoms with Gasteiger partial charge in [-0.05, 0) is 19.9 Å². The lowest BCUT2D eigenvalue weighted by Crippen LogP contribution is -1.95. The number of rotatable bonds is 1. The molecule has 0 fully saturated rings. The summed E-state index contributed by atoms with van der Waals surface area (Å²) in [7, 11) is 0. The first-order valence-electron chi connectivity index (χ1n) is 4.98. The Morgan fingerprint density at radius 3 is 2.94 bits per heavy atom. The molecule has 5 nitrogen and oxygen atoms in total. The molecule has 0 aliphatic rings. The van der Waals surface area contributed by atoms with Crippen LogP contribution in [0.1, 0.15) is 11.4 Å². The fraction of sp³-hybridized carbons (Fsp3) is 0.182. The number of fused-ring (bicyclic) bond motifs is 1. The van der Waals surface area contributed by atoms with Gasteiger partial charge in [0.2, 0.25) is 0 Å². The first-order valence-corrected chi connectivity index (χ1v) is 4.98. The Bertz CT molecular complexity index is 639. The van der Waals surface area contributed by atoms with Crippen LogP contribution in [0.25, 0.3) is 17.1 Å². The summed E-state index contributed by atoms with van der Waals surface area (Å²) in [5.41, 5.74) is 3.61. The molecule has 5 heteroatoms. The lowest BCUT2D eigenvalue weighted by molar-refractivity contribution is 0.431. The zero-order valence-electron chi connectivity index (χ0n) is 9.01. The van der Waals surface area contributed by atoms with Crippen molar-refractivity contribution in [2.24, 2.45) is 0 Å². The molecule has 0 N–H and O–H groups in total. The van der Waals surface area contributed by atoms with Gasteiger partial charge >= 0.3 is 0 Å². The van der Waals surface area contributed by atoms with Crippen LogP contribution in [0.15, 0.2) is 29.2 Å². The lowest BCUT2D eigenvalue weighted by atomic mass is 10.2. The van der Waals surface area contributed by atoms with Gasteiger partial charge in [-0.3, -0.25) is 4.40 Å². The van der Waals surface area contributed by atoms with Crippen molar-refractivity contribution in [2.45, 2.75) is 13.8 Å². The van der Waals surface area contributed by atoms with E-state index in [1.54, 1.807) is 18.6 Å². The van der Waals surface area contributed by atoms with Crippen molar-refractivity contribution in [3.05, 3.63) is 36.0 Å². The summed E-state index contributed by atoms with van der Waals surface area (Å²) < 4.78 is 7.05. The standard InChI is InChI=1S/C11H10N4O/c1-7-5-9(10-3-4-13-16-10)14-11-8(2)12-6-15(7)11/h3-6H,1-2H3. The third kappa shape index (κ3) is 1.21. The summed E-state index contributed by atoms with van der Waals surface area (Å²) in [6.07, 6.45) is 3.39. The Balaban J connectivity index is 2.32. The van der Waals surface area contributed by atoms with Crippen LogP contribution in [0, 0.1) is 13.8 Å². The number of aromatic nitrogens is 4. The molecule has 0 aromatic carbocycles. The summed E-state index contributed by atoms with van der Waals surface area (Å²) in [4.78, 5) is 8.74. The monoisotopic (exact) mass is 214 g/mol. The van der Waals surface area contributed by atoms with E-state index >= 15 is 0 Å². The van der Waals surface area contributed by atoms with Crippen molar-refractivity contribution in [3.63, 3.8) is 0 Å². The summed E-state index contributed by atoms with van der Waals surface area (Å²) in [6.45, 7) is 3.95. The van der Waals surface area contributed by atoms with Gasteiger partial charge in [0.25, 0.3) is 0 Å². The molecule has 3 aromatic rings. The van der Waals surface area contributed by atoms with Crippen LogP contribution in [0.5, 0.6) is 0 Å². The average Bonchev–Trinajstić information content (AvgIpc) is 2.88. The van der Waals surface area contributed by atoms with E-state index in [9.17, 15) is 0 Å². The van der Waals surface area contributed by atoms with Crippen molar-refractivity contribution >= 4 is 5.65 Å². The second-order valence-electron chi connectivity index (χ2n) is 3.68. The summed E-state index contributed by atoms with van der Waals surface area (Å²) in [5, 5.41) is 3.68. The lowest BCUT2D eigenvalue weighted by Gasteiger charge is -2.02. The highest BCUT2D eigenvalue weighted by Crippen LogP contribution is 2.19. The predicted molar refractivity (Wildman–Crippen MR) is 58.0 cm³/mol. The highest BCUT2D eigenvalue weighted by Gasteiger charge is 2.09. The van der Waals surface area contributed by atoms with Gasteiger partial charge in [-0.1, -0.05) is 5.16 Å². The number of imidazole rings is 1. The summed E-state index contributed by atoms with van der Waals surface area (Å²) >= 11 is 0. The van der Waals surface area contributed by atoms with E-state index in [1.165, 1.54) is 0 Å². The molecular formula is C11H10N4O. The first kappa shape index (κ1) is 9.08. The van der Waals surface area contributed by atoms with Gasteiger partial charge in [-0.2, -0.15) is 0 Å². The maximum absolute atomic E-state index is 5.10. The van der Waals surface area contributed by atoms with Gasteiger partial charge in [-0.15, -0.1) is 0 Å². The Kier molecular flexibility index (Phi) is 1.80. The third-order valence-electron chi connectivity index (χ3n) is 2.56. The fourth-order valence-corrected chi connectivity index (χ4v) is 1.71. The minimum atomic E-state index is 0.672. The number of hydrogen-bond donors (Lipinski definition) is 0. The molecule has 0 bridgehead atoms. The molecule has 3 aromatic heterocycles. The van der Waals surface area contributed by atoms with Crippen molar-refractivity contribution in [3.8, 4) is 11.5 Å². The van der Waals surface area contributed by atoms with Gasteiger partial charge in [-0.25, -0.2) is 9.97 Å². The second-order valence-corrected chi connectivity index (χ2v) is 3.68. The molecule has 16 heavy (non-hydrogen) atoms. The highest BCUT2D eigenvalue weighted by atomic mass is 16.5. The fourth-order valence-electron chi connectivity index (χ4n) is 1.71. The van der Waals surface area contributed by atoms with Crippen LogP contribution in [0.4, 0.5) is 0 Å². The SMILES string of the molecule is Cc1ncn2c(C)cc(-c3ccno3)nc12. The molecule has 0 aliphatic heterocycles. The molecule has 0 spiro atoms. The third-order valence-corrected chi connectivity index (χ3v) is 2.56. The van der Waals surface area contributed by atoms with Crippen molar-refractivity contribution < 1.29 is 4.52 Å². The molecule has 0 saturated heterocycles. The van der Waals surface area contributed by atoms with Crippen LogP contribution >= 0.6 is 0 Å². The molecule has 0 radical (unpaired) electrons. The predicted octanol–water partition coefficient (Wildman–Crippen LogP) is 2.00. The number of hydrogen-bond acceptors (Lipinski definition) is 4. The molecule has 0 amide bonds. The zero-order chi connectivity index (χ0) is 11.1. The van der Waals surface area contributed by atoms with Gasteiger partial charge in [0, 0.05) is 11.8 Å². The van der Waals surface area contributed by atoms with Crippen molar-refractivity contribution in [1.29, 1.82) is 0 Å². The minimum Gasteiger partial charge on any atom is -0.355 e. The minimum absolute atomic E-state index is 0.672. The van der Waals surface area contributed by atoms with E-state index in [0.717, 1.165) is 22.7 Å². The van der Waals surface area contributed by atoms with Crippen LogP contribution in [-0.4, -0.2) is 19.5 Å². The maximum Gasteiger partial charge on any atom is 0.185 e. The van der Waals surface area contributed by atoms with Crippen LogP contribution < -0.4 is 0 Å². The molecule has 80 valence electrons.